The second kappa shape index (κ2) is 4.56. The molecular weight excluding hydrogens is 230 g/mol. The van der Waals surface area contributed by atoms with Crippen molar-refractivity contribution in [2.24, 2.45) is 0 Å². The van der Waals surface area contributed by atoms with Crippen molar-refractivity contribution >= 4 is 22.2 Å². The van der Waals surface area contributed by atoms with E-state index in [0.29, 0.717) is 5.56 Å². The van der Waals surface area contributed by atoms with Gasteiger partial charge in [0.05, 0.1) is 17.3 Å². The molecule has 1 aromatic carbocycles. The van der Waals surface area contributed by atoms with Gasteiger partial charge in [-0.2, -0.15) is 5.26 Å². The normalized spacial score (nSPS) is 10.0. The molecule has 0 radical (unpaired) electrons. The molecule has 1 heterocycles. The Bertz CT molecular complexity index is 574. The summed E-state index contributed by atoms with van der Waals surface area (Å²) in [6.45, 7) is 6.04. The predicted octanol–water partition coefficient (Wildman–Crippen LogP) is 3.68. The molecule has 0 aliphatic carbocycles. The average Bonchev–Trinajstić information content (AvgIpc) is 2.61. The Balaban J connectivity index is 2.28. The topological polar surface area (TPSA) is 48.7 Å². The summed E-state index contributed by atoms with van der Waals surface area (Å²) in [5.41, 5.74) is 3.79. The summed E-state index contributed by atoms with van der Waals surface area (Å²) >= 11 is 1.64. The number of hydrogen-bond acceptors (Lipinski definition) is 4. The number of nitriles is 1. The Morgan fingerprint density at radius 2 is 2.06 bits per heavy atom. The van der Waals surface area contributed by atoms with Crippen LogP contribution in [0.3, 0.4) is 0 Å². The van der Waals surface area contributed by atoms with Gasteiger partial charge in [-0.25, -0.2) is 4.98 Å². The Kier molecular flexibility index (Phi) is 3.12. The molecule has 0 saturated carbocycles. The third kappa shape index (κ3) is 2.45. The van der Waals surface area contributed by atoms with E-state index in [0.717, 1.165) is 22.1 Å². The molecule has 0 amide bonds. The highest BCUT2D eigenvalue weighted by Crippen LogP contribution is 2.26. The monoisotopic (exact) mass is 243 g/mol. The van der Waals surface area contributed by atoms with E-state index in [9.17, 15) is 0 Å². The first-order valence-electron chi connectivity index (χ1n) is 5.32. The van der Waals surface area contributed by atoms with Gasteiger partial charge in [0.25, 0.3) is 0 Å². The van der Waals surface area contributed by atoms with E-state index in [1.165, 1.54) is 4.88 Å². The Morgan fingerprint density at radius 3 is 2.59 bits per heavy atom. The van der Waals surface area contributed by atoms with E-state index in [1.54, 1.807) is 11.3 Å². The Labute approximate surface area is 105 Å². The van der Waals surface area contributed by atoms with E-state index >= 15 is 0 Å². The maximum atomic E-state index is 8.80. The summed E-state index contributed by atoms with van der Waals surface area (Å²) in [5.74, 6) is 0. The summed E-state index contributed by atoms with van der Waals surface area (Å²) in [6, 6.07) is 7.73. The smallest absolute Gasteiger partial charge is 0.187 e. The van der Waals surface area contributed by atoms with Crippen LogP contribution < -0.4 is 5.32 Å². The number of hydrogen-bond donors (Lipinski definition) is 1. The third-order valence-electron chi connectivity index (χ3n) is 2.63. The van der Waals surface area contributed by atoms with Crippen LogP contribution in [0, 0.1) is 32.1 Å². The quantitative estimate of drug-likeness (QED) is 0.875. The second-order valence-electron chi connectivity index (χ2n) is 3.93. The first kappa shape index (κ1) is 11.6. The number of nitrogens with one attached hydrogen (secondary N) is 1. The van der Waals surface area contributed by atoms with E-state index in [-0.39, 0.29) is 0 Å². The lowest BCUT2D eigenvalue weighted by atomic mass is 10.1. The predicted molar refractivity (Wildman–Crippen MR) is 70.8 cm³/mol. The molecule has 0 atom stereocenters. The molecule has 1 aromatic heterocycles. The number of aryl methyl sites for hydroxylation is 3. The molecule has 2 rings (SSSR count). The highest BCUT2D eigenvalue weighted by Gasteiger charge is 2.05. The van der Waals surface area contributed by atoms with Crippen LogP contribution in [0.5, 0.6) is 0 Å². The van der Waals surface area contributed by atoms with Gasteiger partial charge in [-0.3, -0.25) is 0 Å². The van der Waals surface area contributed by atoms with Gasteiger partial charge in [0.2, 0.25) is 0 Å². The minimum absolute atomic E-state index is 0.680. The summed E-state index contributed by atoms with van der Waals surface area (Å²) < 4.78 is 0. The molecule has 3 nitrogen and oxygen atoms in total. The molecule has 0 bridgehead atoms. The van der Waals surface area contributed by atoms with Crippen molar-refractivity contribution in [3.8, 4) is 6.07 Å². The zero-order chi connectivity index (χ0) is 12.4. The maximum absolute atomic E-state index is 8.80. The van der Waals surface area contributed by atoms with E-state index < -0.39 is 0 Å². The van der Waals surface area contributed by atoms with Gasteiger partial charge in [-0.15, -0.1) is 11.3 Å². The molecule has 0 fully saturated rings. The minimum atomic E-state index is 0.680. The van der Waals surface area contributed by atoms with Crippen molar-refractivity contribution in [3.63, 3.8) is 0 Å². The Morgan fingerprint density at radius 1 is 1.29 bits per heavy atom. The molecule has 0 unspecified atom stereocenters. The minimum Gasteiger partial charge on any atom is -0.331 e. The number of nitrogens with zero attached hydrogens (tertiary/aromatic N) is 2. The fourth-order valence-electron chi connectivity index (χ4n) is 1.51. The van der Waals surface area contributed by atoms with Gasteiger partial charge in [-0.1, -0.05) is 0 Å². The van der Waals surface area contributed by atoms with Gasteiger partial charge in [-0.05, 0) is 44.5 Å². The van der Waals surface area contributed by atoms with Crippen LogP contribution in [0.2, 0.25) is 0 Å². The molecule has 0 aliphatic rings. The fourth-order valence-corrected chi connectivity index (χ4v) is 2.34. The van der Waals surface area contributed by atoms with Crippen LogP contribution in [0.25, 0.3) is 0 Å². The average molecular weight is 243 g/mol. The van der Waals surface area contributed by atoms with Crippen LogP contribution in [-0.2, 0) is 0 Å². The number of aromatic nitrogens is 1. The van der Waals surface area contributed by atoms with Crippen molar-refractivity contribution < 1.29 is 0 Å². The summed E-state index contributed by atoms with van der Waals surface area (Å²) in [5, 5.41) is 13.0. The molecular formula is C13H13N3S. The van der Waals surface area contributed by atoms with Crippen molar-refractivity contribution in [1.29, 1.82) is 5.26 Å². The summed E-state index contributed by atoms with van der Waals surface area (Å²) in [4.78, 5) is 5.65. The van der Waals surface area contributed by atoms with Gasteiger partial charge >= 0.3 is 0 Å². The molecule has 17 heavy (non-hydrogen) atoms. The Hall–Kier alpha value is -1.86. The van der Waals surface area contributed by atoms with Crippen molar-refractivity contribution in [2.45, 2.75) is 20.8 Å². The summed E-state index contributed by atoms with van der Waals surface area (Å²) in [7, 11) is 0. The van der Waals surface area contributed by atoms with Gasteiger partial charge < -0.3 is 5.32 Å². The lowest BCUT2D eigenvalue weighted by Crippen LogP contribution is -1.93. The molecule has 1 N–H and O–H groups in total. The zero-order valence-corrected chi connectivity index (χ0v) is 10.9. The fraction of sp³-hybridized carbons (Fsp3) is 0.231. The maximum Gasteiger partial charge on any atom is 0.187 e. The second-order valence-corrected chi connectivity index (χ2v) is 5.13. The number of anilines is 2. The first-order chi connectivity index (χ1) is 8.10. The number of thiazole rings is 1. The van der Waals surface area contributed by atoms with E-state index in [2.05, 4.69) is 23.3 Å². The van der Waals surface area contributed by atoms with Crippen molar-refractivity contribution in [2.75, 3.05) is 5.32 Å². The third-order valence-corrected chi connectivity index (χ3v) is 3.61. The van der Waals surface area contributed by atoms with Crippen LogP contribution in [0.1, 0.15) is 21.7 Å². The zero-order valence-electron chi connectivity index (χ0n) is 10.0. The van der Waals surface area contributed by atoms with Gasteiger partial charge in [0, 0.05) is 10.6 Å². The lowest BCUT2D eigenvalue weighted by Gasteiger charge is -2.06. The van der Waals surface area contributed by atoms with Gasteiger partial charge in [0.15, 0.2) is 5.13 Å². The van der Waals surface area contributed by atoms with Crippen LogP contribution >= 0.6 is 11.3 Å². The molecule has 86 valence electrons. The number of rotatable bonds is 2. The molecule has 0 aliphatic heterocycles. The lowest BCUT2D eigenvalue weighted by molar-refractivity contribution is 1.22. The van der Waals surface area contributed by atoms with E-state index in [1.807, 2.05) is 32.0 Å². The van der Waals surface area contributed by atoms with Crippen LogP contribution in [-0.4, -0.2) is 4.98 Å². The molecule has 0 spiro atoms. The molecule has 0 saturated heterocycles. The highest BCUT2D eigenvalue weighted by molar-refractivity contribution is 7.15. The first-order valence-corrected chi connectivity index (χ1v) is 6.13. The molecule has 2 aromatic rings. The largest absolute Gasteiger partial charge is 0.331 e. The molecule has 4 heteroatoms. The van der Waals surface area contributed by atoms with E-state index in [4.69, 9.17) is 5.26 Å². The summed E-state index contributed by atoms with van der Waals surface area (Å²) in [6.07, 6.45) is 0. The highest BCUT2D eigenvalue weighted by atomic mass is 32.1. The SMILES string of the molecule is Cc1cc(C#N)ccc1Nc1nc(C)c(C)s1. The van der Waals surface area contributed by atoms with Crippen molar-refractivity contribution in [1.82, 2.24) is 4.98 Å². The standard InChI is InChI=1S/C13H13N3S/c1-8-6-11(7-14)4-5-12(8)16-13-15-9(2)10(3)17-13/h4-6H,1-3H3,(H,15,16). The van der Waals surface area contributed by atoms with Crippen LogP contribution in [0.15, 0.2) is 18.2 Å². The van der Waals surface area contributed by atoms with Gasteiger partial charge in [0.1, 0.15) is 0 Å². The number of benzene rings is 1. The van der Waals surface area contributed by atoms with Crippen LogP contribution in [0.4, 0.5) is 10.8 Å². The van der Waals surface area contributed by atoms with Crippen molar-refractivity contribution in [3.05, 3.63) is 39.9 Å².